The first-order chi connectivity index (χ1) is 14.3. The van der Waals surface area contributed by atoms with Gasteiger partial charge in [0, 0.05) is 51.0 Å². The topological polar surface area (TPSA) is 62.2 Å². The van der Waals surface area contributed by atoms with Crippen LogP contribution in [0, 0.1) is 0 Å². The van der Waals surface area contributed by atoms with Gasteiger partial charge in [0.1, 0.15) is 6.10 Å². The van der Waals surface area contributed by atoms with Crippen molar-refractivity contribution in [2.45, 2.75) is 57.7 Å². The quantitative estimate of drug-likeness (QED) is 0.583. The van der Waals surface area contributed by atoms with E-state index in [1.54, 1.807) is 0 Å². The van der Waals surface area contributed by atoms with Crippen LogP contribution < -0.4 is 10.1 Å². The van der Waals surface area contributed by atoms with E-state index in [-0.39, 0.29) is 0 Å². The molecule has 1 saturated carbocycles. The Morgan fingerprint density at radius 2 is 2.07 bits per heavy atom. The van der Waals surface area contributed by atoms with Gasteiger partial charge in [0.15, 0.2) is 5.96 Å². The highest BCUT2D eigenvalue weighted by atomic mass is 16.5. The summed E-state index contributed by atoms with van der Waals surface area (Å²) < 4.78 is 11.6. The summed E-state index contributed by atoms with van der Waals surface area (Å²) in [6, 6.07) is 4.69. The zero-order valence-corrected chi connectivity index (χ0v) is 17.7. The van der Waals surface area contributed by atoms with Crippen molar-refractivity contribution < 1.29 is 9.47 Å². The highest BCUT2D eigenvalue weighted by Crippen LogP contribution is 2.23. The Balaban J connectivity index is 1.35. The number of likely N-dealkylation sites (tertiary alicyclic amines) is 1. The van der Waals surface area contributed by atoms with Crippen molar-refractivity contribution in [2.24, 2.45) is 4.99 Å². The molecule has 7 nitrogen and oxygen atoms in total. The van der Waals surface area contributed by atoms with Crippen LogP contribution in [0.1, 0.15) is 44.6 Å². The number of hydrogen-bond acceptors (Lipinski definition) is 5. The maximum Gasteiger partial charge on any atom is 0.213 e. The van der Waals surface area contributed by atoms with E-state index >= 15 is 0 Å². The van der Waals surface area contributed by atoms with Crippen molar-refractivity contribution in [3.05, 3.63) is 23.9 Å². The molecule has 0 bridgehead atoms. The van der Waals surface area contributed by atoms with Gasteiger partial charge in [-0.15, -0.1) is 0 Å². The number of morpholine rings is 1. The fourth-order valence-corrected chi connectivity index (χ4v) is 4.56. The van der Waals surface area contributed by atoms with E-state index in [0.29, 0.717) is 18.7 Å². The summed E-state index contributed by atoms with van der Waals surface area (Å²) in [5.41, 5.74) is 1.15. The zero-order chi connectivity index (χ0) is 19.9. The Kier molecular flexibility index (Phi) is 7.22. The SMILES string of the molecule is CCNC(=NCc1ccnc(OC2CCCC2)c1)N1CCC(N2CCOCC2)C1. The normalized spacial score (nSPS) is 24.2. The summed E-state index contributed by atoms with van der Waals surface area (Å²) in [6.07, 6.45) is 8.19. The van der Waals surface area contributed by atoms with Crippen LogP contribution in [-0.2, 0) is 11.3 Å². The Labute approximate surface area is 174 Å². The molecule has 29 heavy (non-hydrogen) atoms. The molecule has 0 amide bonds. The first-order valence-corrected chi connectivity index (χ1v) is 11.3. The summed E-state index contributed by atoms with van der Waals surface area (Å²) in [6.45, 7) is 9.56. The first kappa shape index (κ1) is 20.4. The van der Waals surface area contributed by atoms with Gasteiger partial charge in [-0.3, -0.25) is 4.90 Å². The Hall–Kier alpha value is -1.86. The van der Waals surface area contributed by atoms with Gasteiger partial charge in [-0.2, -0.15) is 0 Å². The lowest BCUT2D eigenvalue weighted by atomic mass is 10.2. The molecule has 4 rings (SSSR count). The minimum atomic E-state index is 0.334. The van der Waals surface area contributed by atoms with E-state index in [0.717, 1.165) is 76.2 Å². The largest absolute Gasteiger partial charge is 0.474 e. The van der Waals surface area contributed by atoms with Crippen LogP contribution in [0.5, 0.6) is 5.88 Å². The number of guanidine groups is 1. The molecule has 2 aliphatic heterocycles. The van der Waals surface area contributed by atoms with Crippen molar-refractivity contribution in [3.8, 4) is 5.88 Å². The molecule has 160 valence electrons. The number of aromatic nitrogens is 1. The molecule has 3 fully saturated rings. The van der Waals surface area contributed by atoms with Gasteiger partial charge in [-0.25, -0.2) is 9.98 Å². The minimum Gasteiger partial charge on any atom is -0.474 e. The first-order valence-electron chi connectivity index (χ1n) is 11.3. The van der Waals surface area contributed by atoms with Crippen LogP contribution in [0.3, 0.4) is 0 Å². The van der Waals surface area contributed by atoms with Crippen LogP contribution in [0.15, 0.2) is 23.3 Å². The third kappa shape index (κ3) is 5.60. The maximum atomic E-state index is 6.05. The third-order valence-corrected chi connectivity index (χ3v) is 6.16. The second-order valence-electron chi connectivity index (χ2n) is 8.23. The average Bonchev–Trinajstić information content (AvgIpc) is 3.44. The summed E-state index contributed by atoms with van der Waals surface area (Å²) >= 11 is 0. The van der Waals surface area contributed by atoms with Crippen molar-refractivity contribution >= 4 is 5.96 Å². The predicted molar refractivity (Wildman–Crippen MR) is 114 cm³/mol. The van der Waals surface area contributed by atoms with E-state index in [4.69, 9.17) is 14.5 Å². The van der Waals surface area contributed by atoms with Crippen LogP contribution in [0.25, 0.3) is 0 Å². The molecule has 7 heteroatoms. The Bertz CT molecular complexity index is 671. The molecule has 1 atom stereocenters. The lowest BCUT2D eigenvalue weighted by molar-refractivity contribution is 0.0195. The number of aliphatic imine (C=N–C) groups is 1. The fourth-order valence-electron chi connectivity index (χ4n) is 4.56. The monoisotopic (exact) mass is 401 g/mol. The lowest BCUT2D eigenvalue weighted by Crippen LogP contribution is -2.46. The fraction of sp³-hybridized carbons (Fsp3) is 0.727. The summed E-state index contributed by atoms with van der Waals surface area (Å²) in [7, 11) is 0. The van der Waals surface area contributed by atoms with E-state index in [1.807, 2.05) is 18.3 Å². The Morgan fingerprint density at radius 3 is 2.86 bits per heavy atom. The van der Waals surface area contributed by atoms with E-state index < -0.39 is 0 Å². The predicted octanol–water partition coefficient (Wildman–Crippen LogP) is 2.28. The van der Waals surface area contributed by atoms with Gasteiger partial charge in [-0.05, 0) is 50.7 Å². The van der Waals surface area contributed by atoms with Crippen molar-refractivity contribution in [2.75, 3.05) is 45.9 Å². The molecule has 1 unspecified atom stereocenters. The number of pyridine rings is 1. The van der Waals surface area contributed by atoms with Crippen LogP contribution in [0.4, 0.5) is 0 Å². The second-order valence-corrected chi connectivity index (χ2v) is 8.23. The molecular formula is C22H35N5O2. The summed E-state index contributed by atoms with van der Waals surface area (Å²) in [5.74, 6) is 1.75. The molecule has 3 aliphatic rings. The van der Waals surface area contributed by atoms with Crippen LogP contribution >= 0.6 is 0 Å². The number of ether oxygens (including phenoxy) is 2. The molecule has 3 heterocycles. The summed E-state index contributed by atoms with van der Waals surface area (Å²) in [4.78, 5) is 14.3. The van der Waals surface area contributed by atoms with Crippen LogP contribution in [-0.4, -0.2) is 78.8 Å². The van der Waals surface area contributed by atoms with E-state index in [2.05, 4.69) is 27.0 Å². The minimum absolute atomic E-state index is 0.334. The number of nitrogens with one attached hydrogen (secondary N) is 1. The second kappa shape index (κ2) is 10.3. The molecule has 1 aromatic rings. The van der Waals surface area contributed by atoms with Crippen molar-refractivity contribution in [1.82, 2.24) is 20.1 Å². The van der Waals surface area contributed by atoms with Gasteiger partial charge in [0.25, 0.3) is 0 Å². The zero-order valence-electron chi connectivity index (χ0n) is 17.7. The molecule has 1 aliphatic carbocycles. The lowest BCUT2D eigenvalue weighted by Gasteiger charge is -2.32. The third-order valence-electron chi connectivity index (χ3n) is 6.16. The van der Waals surface area contributed by atoms with Crippen molar-refractivity contribution in [1.29, 1.82) is 0 Å². The number of nitrogens with zero attached hydrogens (tertiary/aromatic N) is 4. The number of rotatable bonds is 6. The highest BCUT2D eigenvalue weighted by molar-refractivity contribution is 5.80. The Morgan fingerprint density at radius 1 is 1.24 bits per heavy atom. The van der Waals surface area contributed by atoms with E-state index in [1.165, 1.54) is 19.3 Å². The molecule has 1 aromatic heterocycles. The molecule has 1 N–H and O–H groups in total. The van der Waals surface area contributed by atoms with Gasteiger partial charge < -0.3 is 19.7 Å². The van der Waals surface area contributed by atoms with Gasteiger partial charge in [0.05, 0.1) is 19.8 Å². The summed E-state index contributed by atoms with van der Waals surface area (Å²) in [5, 5.41) is 3.48. The maximum absolute atomic E-state index is 6.05. The molecular weight excluding hydrogens is 366 g/mol. The van der Waals surface area contributed by atoms with Crippen LogP contribution in [0.2, 0.25) is 0 Å². The van der Waals surface area contributed by atoms with Gasteiger partial charge in [0.2, 0.25) is 5.88 Å². The number of hydrogen-bond donors (Lipinski definition) is 1. The molecule has 2 saturated heterocycles. The molecule has 0 aromatic carbocycles. The molecule has 0 spiro atoms. The average molecular weight is 402 g/mol. The standard InChI is InChI=1S/C22H35N5O2/c1-2-23-22(27-10-8-19(17-27)26-11-13-28-14-12-26)25-16-18-7-9-24-21(15-18)29-20-5-3-4-6-20/h7,9,15,19-20H,2-6,8,10-14,16-17H2,1H3,(H,23,25). The molecule has 0 radical (unpaired) electrons. The van der Waals surface area contributed by atoms with Gasteiger partial charge >= 0.3 is 0 Å². The van der Waals surface area contributed by atoms with Crippen molar-refractivity contribution in [3.63, 3.8) is 0 Å². The van der Waals surface area contributed by atoms with Gasteiger partial charge in [-0.1, -0.05) is 0 Å². The van der Waals surface area contributed by atoms with E-state index in [9.17, 15) is 0 Å². The highest BCUT2D eigenvalue weighted by Gasteiger charge is 2.30. The smallest absolute Gasteiger partial charge is 0.213 e.